The van der Waals surface area contributed by atoms with Crippen molar-refractivity contribution in [3.63, 3.8) is 0 Å². The molecule has 0 spiro atoms. The van der Waals surface area contributed by atoms with Gasteiger partial charge < -0.3 is 10.8 Å². The van der Waals surface area contributed by atoms with Crippen molar-refractivity contribution in [2.45, 2.75) is 13.3 Å². The first-order valence-electron chi connectivity index (χ1n) is 5.79. The highest BCUT2D eigenvalue weighted by Crippen LogP contribution is 2.08. The second kappa shape index (κ2) is 4.20. The molecule has 0 radical (unpaired) electrons. The average molecular weight is 256 g/mol. The predicted octanol–water partition coefficient (Wildman–Crippen LogP) is 0.128. The van der Waals surface area contributed by atoms with Crippen LogP contribution in [0.15, 0.2) is 29.1 Å². The number of nitrogens with one attached hydrogen (secondary N) is 1. The number of hydrogen-bond acceptors (Lipinski definition) is 5. The molecule has 0 saturated carbocycles. The Morgan fingerprint density at radius 2 is 2.11 bits per heavy atom. The molecule has 0 aliphatic rings. The number of benzene rings is 1. The fraction of sp³-hybridized carbons (Fsp3) is 0.167. The van der Waals surface area contributed by atoms with Crippen molar-refractivity contribution >= 4 is 11.0 Å². The molecule has 7 heteroatoms. The van der Waals surface area contributed by atoms with Crippen LogP contribution >= 0.6 is 0 Å². The van der Waals surface area contributed by atoms with Crippen LogP contribution in [0.1, 0.15) is 17.3 Å². The second-order valence-corrected chi connectivity index (χ2v) is 4.24. The Balaban J connectivity index is 2.08. The molecule has 3 rings (SSSR count). The van der Waals surface area contributed by atoms with Crippen molar-refractivity contribution in [1.82, 2.24) is 24.8 Å². The van der Waals surface area contributed by atoms with Gasteiger partial charge in [-0.15, -0.1) is 10.2 Å². The van der Waals surface area contributed by atoms with Gasteiger partial charge in [-0.3, -0.25) is 4.79 Å². The molecule has 3 aromatic rings. The van der Waals surface area contributed by atoms with Crippen LogP contribution in [-0.4, -0.2) is 24.8 Å². The summed E-state index contributed by atoms with van der Waals surface area (Å²) in [6.45, 7) is 1.74. The third-order valence-corrected chi connectivity index (χ3v) is 2.93. The number of rotatable bonds is 2. The highest BCUT2D eigenvalue weighted by atomic mass is 16.1. The van der Waals surface area contributed by atoms with Crippen LogP contribution in [0.3, 0.4) is 0 Å². The lowest BCUT2D eigenvalue weighted by Gasteiger charge is -2.02. The van der Waals surface area contributed by atoms with E-state index in [4.69, 9.17) is 5.84 Å². The van der Waals surface area contributed by atoms with Crippen molar-refractivity contribution in [3.8, 4) is 0 Å². The molecule has 0 amide bonds. The Morgan fingerprint density at radius 1 is 1.32 bits per heavy atom. The zero-order valence-corrected chi connectivity index (χ0v) is 10.3. The first-order chi connectivity index (χ1) is 9.15. The third kappa shape index (κ3) is 1.95. The number of nitrogen functional groups attached to an aromatic ring is 1. The highest BCUT2D eigenvalue weighted by molar-refractivity contribution is 5.73. The summed E-state index contributed by atoms with van der Waals surface area (Å²) in [5.41, 5.74) is 1.58. The summed E-state index contributed by atoms with van der Waals surface area (Å²) in [6.07, 6.45) is 0.248. The van der Waals surface area contributed by atoms with Gasteiger partial charge in [-0.05, 0) is 19.1 Å². The number of fused-ring (bicyclic) bond motifs is 1. The van der Waals surface area contributed by atoms with E-state index in [1.54, 1.807) is 6.92 Å². The van der Waals surface area contributed by atoms with Gasteiger partial charge in [-0.25, -0.2) is 9.66 Å². The van der Waals surface area contributed by atoms with Crippen molar-refractivity contribution in [2.24, 2.45) is 0 Å². The molecule has 2 heterocycles. The van der Waals surface area contributed by atoms with Gasteiger partial charge in [0.05, 0.1) is 17.5 Å². The summed E-state index contributed by atoms with van der Waals surface area (Å²) < 4.78 is 1.36. The summed E-state index contributed by atoms with van der Waals surface area (Å²) in [5.74, 6) is 6.86. The molecule has 1 aromatic carbocycles. The number of aryl methyl sites for hydroxylation is 1. The van der Waals surface area contributed by atoms with E-state index in [2.05, 4.69) is 20.2 Å². The van der Waals surface area contributed by atoms with Gasteiger partial charge >= 0.3 is 0 Å². The van der Waals surface area contributed by atoms with Crippen LogP contribution in [0.4, 0.5) is 0 Å². The number of hydrogen-bond donors (Lipinski definition) is 2. The lowest BCUT2D eigenvalue weighted by molar-refractivity contribution is 0.834. The molecular weight excluding hydrogens is 244 g/mol. The van der Waals surface area contributed by atoms with Crippen LogP contribution in [-0.2, 0) is 6.42 Å². The minimum Gasteiger partial charge on any atom is -0.336 e. The van der Waals surface area contributed by atoms with Crippen LogP contribution < -0.4 is 11.4 Å². The van der Waals surface area contributed by atoms with Gasteiger partial charge in [0.25, 0.3) is 5.56 Å². The van der Waals surface area contributed by atoms with Crippen molar-refractivity contribution in [3.05, 3.63) is 52.0 Å². The highest BCUT2D eigenvalue weighted by Gasteiger charge is 2.11. The maximum absolute atomic E-state index is 11.9. The Morgan fingerprint density at radius 3 is 2.84 bits per heavy atom. The monoisotopic (exact) mass is 256 g/mol. The largest absolute Gasteiger partial charge is 0.336 e. The van der Waals surface area contributed by atoms with Gasteiger partial charge in [0, 0.05) is 0 Å². The van der Waals surface area contributed by atoms with E-state index in [1.165, 1.54) is 4.68 Å². The fourth-order valence-corrected chi connectivity index (χ4v) is 1.87. The van der Waals surface area contributed by atoms with E-state index >= 15 is 0 Å². The van der Waals surface area contributed by atoms with E-state index in [-0.39, 0.29) is 12.0 Å². The normalized spacial score (nSPS) is 11.0. The van der Waals surface area contributed by atoms with E-state index in [1.807, 2.05) is 24.3 Å². The number of para-hydroxylation sites is 2. The maximum Gasteiger partial charge on any atom is 0.270 e. The fourth-order valence-electron chi connectivity index (χ4n) is 1.87. The standard InChI is InChI=1S/C12H12N6O/c1-7-16-17-11(18(7)13)6-10-12(19)15-9-5-3-2-4-8(9)14-10/h2-5H,6,13H2,1H3,(H,15,19). The van der Waals surface area contributed by atoms with Crippen molar-refractivity contribution < 1.29 is 0 Å². The van der Waals surface area contributed by atoms with Crippen molar-refractivity contribution in [2.75, 3.05) is 5.84 Å². The minimum absolute atomic E-state index is 0.237. The second-order valence-electron chi connectivity index (χ2n) is 4.24. The number of H-pyrrole nitrogens is 1. The number of aromatic amines is 1. The number of nitrogens with two attached hydrogens (primary N) is 1. The minimum atomic E-state index is -0.237. The molecule has 7 nitrogen and oxygen atoms in total. The summed E-state index contributed by atoms with van der Waals surface area (Å²) in [4.78, 5) is 19.1. The summed E-state index contributed by atoms with van der Waals surface area (Å²) in [5, 5.41) is 7.78. The first-order valence-corrected chi connectivity index (χ1v) is 5.79. The first kappa shape index (κ1) is 11.4. The van der Waals surface area contributed by atoms with E-state index in [0.717, 1.165) is 5.52 Å². The van der Waals surface area contributed by atoms with Gasteiger partial charge in [0.1, 0.15) is 11.5 Å². The topological polar surface area (TPSA) is 102 Å². The zero-order valence-electron chi connectivity index (χ0n) is 10.3. The molecular formula is C12H12N6O. The maximum atomic E-state index is 11.9. The lowest BCUT2D eigenvalue weighted by Crippen LogP contribution is -2.20. The quantitative estimate of drug-likeness (QED) is 0.634. The summed E-state index contributed by atoms with van der Waals surface area (Å²) in [7, 11) is 0. The van der Waals surface area contributed by atoms with E-state index < -0.39 is 0 Å². The summed E-state index contributed by atoms with van der Waals surface area (Å²) >= 11 is 0. The van der Waals surface area contributed by atoms with Crippen LogP contribution in [0.5, 0.6) is 0 Å². The van der Waals surface area contributed by atoms with Crippen LogP contribution in [0.2, 0.25) is 0 Å². The van der Waals surface area contributed by atoms with Crippen molar-refractivity contribution in [1.29, 1.82) is 0 Å². The van der Waals surface area contributed by atoms with Gasteiger partial charge in [0.2, 0.25) is 0 Å². The average Bonchev–Trinajstić information content (AvgIpc) is 2.71. The molecule has 0 saturated heterocycles. The predicted molar refractivity (Wildman–Crippen MR) is 70.1 cm³/mol. The van der Waals surface area contributed by atoms with Gasteiger partial charge in [-0.1, -0.05) is 12.1 Å². The number of aromatic nitrogens is 5. The van der Waals surface area contributed by atoms with Gasteiger partial charge in [-0.2, -0.15) is 0 Å². The molecule has 0 atom stereocenters. The lowest BCUT2D eigenvalue weighted by atomic mass is 10.2. The molecule has 0 aliphatic heterocycles. The zero-order chi connectivity index (χ0) is 13.4. The molecule has 2 aromatic heterocycles. The van der Waals surface area contributed by atoms with Crippen LogP contribution in [0, 0.1) is 6.92 Å². The van der Waals surface area contributed by atoms with Gasteiger partial charge in [0.15, 0.2) is 5.82 Å². The number of nitrogens with zero attached hydrogens (tertiary/aromatic N) is 4. The Labute approximate surface area is 108 Å². The Bertz CT molecular complexity index is 803. The van der Waals surface area contributed by atoms with E-state index in [9.17, 15) is 4.79 Å². The molecule has 3 N–H and O–H groups in total. The Kier molecular flexibility index (Phi) is 2.52. The molecule has 0 fully saturated rings. The SMILES string of the molecule is Cc1nnc(Cc2nc3ccccc3[nH]c2=O)n1N. The van der Waals surface area contributed by atoms with E-state index in [0.29, 0.717) is 22.9 Å². The molecule has 0 bridgehead atoms. The molecule has 0 aliphatic carbocycles. The third-order valence-electron chi connectivity index (χ3n) is 2.93. The molecule has 96 valence electrons. The summed E-state index contributed by atoms with van der Waals surface area (Å²) in [6, 6.07) is 7.36. The van der Waals surface area contributed by atoms with Crippen LogP contribution in [0.25, 0.3) is 11.0 Å². The molecule has 0 unspecified atom stereocenters. The molecule has 19 heavy (non-hydrogen) atoms. The Hall–Kier alpha value is -2.70. The smallest absolute Gasteiger partial charge is 0.270 e.